The Morgan fingerprint density at radius 2 is 1.87 bits per heavy atom. The fourth-order valence-electron chi connectivity index (χ4n) is 3.07. The van der Waals surface area contributed by atoms with E-state index in [0.29, 0.717) is 46.1 Å². The third-order valence-electron chi connectivity index (χ3n) is 4.72. The first-order chi connectivity index (χ1) is 14.9. The van der Waals surface area contributed by atoms with Crippen LogP contribution in [0.4, 0.5) is 23.0 Å². The van der Waals surface area contributed by atoms with Gasteiger partial charge in [-0.15, -0.1) is 0 Å². The largest absolute Gasteiger partial charge is 0.393 e. The molecule has 3 rings (SSSR count). The lowest BCUT2D eigenvalue weighted by Gasteiger charge is -2.17. The summed E-state index contributed by atoms with van der Waals surface area (Å²) in [5.41, 5.74) is 9.75. The quantitative estimate of drug-likeness (QED) is 0.402. The molecule has 31 heavy (non-hydrogen) atoms. The molecule has 2 aromatic carbocycles. The normalized spacial score (nSPS) is 11.6. The van der Waals surface area contributed by atoms with Gasteiger partial charge in [0.1, 0.15) is 12.0 Å². The number of nitrogens with zero attached hydrogens (tertiary/aromatic N) is 3. The summed E-state index contributed by atoms with van der Waals surface area (Å²) in [5, 5.41) is 17.2. The maximum absolute atomic E-state index is 9.77. The van der Waals surface area contributed by atoms with Gasteiger partial charge in [-0.25, -0.2) is 9.97 Å². The highest BCUT2D eigenvalue weighted by Gasteiger charge is 2.19. The smallest absolute Gasteiger partial charge is 0.159 e. The van der Waals surface area contributed by atoms with Gasteiger partial charge < -0.3 is 21.1 Å². The average molecular weight is 457 g/mol. The number of methoxy groups -OCH3 is 1. The highest BCUT2D eigenvalue weighted by atomic mass is 35.5. The number of hydrogen-bond acceptors (Lipinski definition) is 7. The van der Waals surface area contributed by atoms with Crippen molar-refractivity contribution in [2.45, 2.75) is 12.8 Å². The molecule has 7 nitrogen and oxygen atoms in total. The van der Waals surface area contributed by atoms with Crippen molar-refractivity contribution in [2.75, 3.05) is 36.6 Å². The van der Waals surface area contributed by atoms with Gasteiger partial charge in [0.15, 0.2) is 11.6 Å². The van der Waals surface area contributed by atoms with E-state index >= 15 is 0 Å². The molecule has 0 radical (unpaired) electrons. The van der Waals surface area contributed by atoms with Gasteiger partial charge in [-0.3, -0.25) is 0 Å². The summed E-state index contributed by atoms with van der Waals surface area (Å²) in [6, 6.07) is 13.2. The van der Waals surface area contributed by atoms with Crippen LogP contribution in [0.25, 0.3) is 0 Å². The third kappa shape index (κ3) is 5.36. The number of rotatable bonds is 8. The Labute approximate surface area is 191 Å². The van der Waals surface area contributed by atoms with E-state index in [1.54, 1.807) is 25.3 Å². The number of nitrogens with two attached hydrogens (primary N) is 1. The van der Waals surface area contributed by atoms with Crippen LogP contribution in [-0.2, 0) is 4.74 Å². The predicted molar refractivity (Wildman–Crippen MR) is 125 cm³/mol. The summed E-state index contributed by atoms with van der Waals surface area (Å²) in [5.74, 6) is 0.455. The average Bonchev–Trinajstić information content (AvgIpc) is 2.76. The SMILES string of the molecule is COCCNc1ncnc(Nc2cc(Cl)c(C(C#N)c3ccc(Cl)cc3)cc2C)c1N. The highest BCUT2D eigenvalue weighted by Crippen LogP contribution is 2.36. The fraction of sp³-hybridized carbons (Fsp3) is 0.227. The van der Waals surface area contributed by atoms with Crippen LogP contribution in [0.3, 0.4) is 0 Å². The topological polar surface area (TPSA) is 109 Å². The maximum Gasteiger partial charge on any atom is 0.159 e. The second kappa shape index (κ2) is 10.3. The molecule has 0 aliphatic heterocycles. The van der Waals surface area contributed by atoms with E-state index in [1.807, 2.05) is 25.1 Å². The van der Waals surface area contributed by atoms with Gasteiger partial charge >= 0.3 is 0 Å². The van der Waals surface area contributed by atoms with Crippen molar-refractivity contribution in [1.82, 2.24) is 9.97 Å². The molecule has 0 aliphatic rings. The lowest BCUT2D eigenvalue weighted by Crippen LogP contribution is -2.12. The molecule has 3 aromatic rings. The molecule has 1 heterocycles. The number of nitrogens with one attached hydrogen (secondary N) is 2. The predicted octanol–water partition coefficient (Wildman–Crippen LogP) is 5.13. The lowest BCUT2D eigenvalue weighted by atomic mass is 9.91. The molecule has 0 fully saturated rings. The van der Waals surface area contributed by atoms with Crippen molar-refractivity contribution in [3.8, 4) is 6.07 Å². The van der Waals surface area contributed by atoms with Gasteiger partial charge in [0, 0.05) is 29.4 Å². The van der Waals surface area contributed by atoms with Gasteiger partial charge in [0.25, 0.3) is 0 Å². The van der Waals surface area contributed by atoms with E-state index in [2.05, 4.69) is 26.7 Å². The summed E-state index contributed by atoms with van der Waals surface area (Å²) < 4.78 is 5.03. The van der Waals surface area contributed by atoms with Crippen LogP contribution in [0, 0.1) is 18.3 Å². The maximum atomic E-state index is 9.77. The minimum atomic E-state index is -0.516. The Kier molecular flexibility index (Phi) is 7.53. The van der Waals surface area contributed by atoms with Crippen molar-refractivity contribution in [1.29, 1.82) is 5.26 Å². The number of halogens is 2. The summed E-state index contributed by atoms with van der Waals surface area (Å²) in [6.07, 6.45) is 1.42. The van der Waals surface area contributed by atoms with E-state index in [0.717, 1.165) is 16.8 Å². The number of aromatic nitrogens is 2. The summed E-state index contributed by atoms with van der Waals surface area (Å²) in [4.78, 5) is 8.40. The van der Waals surface area contributed by atoms with Gasteiger partial charge in [-0.05, 0) is 41.8 Å². The second-order valence-corrected chi connectivity index (χ2v) is 7.68. The van der Waals surface area contributed by atoms with E-state index < -0.39 is 5.92 Å². The zero-order valence-corrected chi connectivity index (χ0v) is 18.6. The standard InChI is InChI=1S/C22H22Cl2N6O/c1-13-9-16(17(11-25)14-3-5-15(23)6-4-14)18(24)10-19(13)30-22-20(26)21(28-12-29-22)27-7-8-31-2/h3-6,9-10,12,17H,7-8,26H2,1-2H3,(H2,27,28,29,30). The first-order valence-corrected chi connectivity index (χ1v) is 10.3. The zero-order chi connectivity index (χ0) is 22.4. The molecule has 0 aliphatic carbocycles. The molecule has 1 aromatic heterocycles. The van der Waals surface area contributed by atoms with Gasteiger partial charge in [0.2, 0.25) is 0 Å². The number of anilines is 4. The van der Waals surface area contributed by atoms with Crippen molar-refractivity contribution in [3.63, 3.8) is 0 Å². The molecule has 0 bridgehead atoms. The van der Waals surface area contributed by atoms with E-state index in [4.69, 9.17) is 33.7 Å². The molecule has 0 saturated carbocycles. The summed E-state index contributed by atoms with van der Waals surface area (Å²) in [7, 11) is 1.62. The van der Waals surface area contributed by atoms with Gasteiger partial charge in [0.05, 0.1) is 18.6 Å². The molecule has 1 atom stereocenters. The van der Waals surface area contributed by atoms with Crippen LogP contribution in [-0.4, -0.2) is 30.2 Å². The number of nitrogen functional groups attached to an aromatic ring is 1. The molecule has 0 saturated heterocycles. The molecular formula is C22H22Cl2N6O. The molecule has 4 N–H and O–H groups in total. The molecule has 0 spiro atoms. The fourth-order valence-corrected chi connectivity index (χ4v) is 3.47. The molecular weight excluding hydrogens is 435 g/mol. The Morgan fingerprint density at radius 1 is 1.16 bits per heavy atom. The minimum Gasteiger partial charge on any atom is -0.393 e. The lowest BCUT2D eigenvalue weighted by molar-refractivity contribution is 0.210. The van der Waals surface area contributed by atoms with Crippen LogP contribution >= 0.6 is 23.2 Å². The van der Waals surface area contributed by atoms with E-state index in [9.17, 15) is 5.26 Å². The second-order valence-electron chi connectivity index (χ2n) is 6.83. The molecule has 1 unspecified atom stereocenters. The first-order valence-electron chi connectivity index (χ1n) is 9.50. The Hall–Kier alpha value is -3.05. The van der Waals surface area contributed by atoms with Gasteiger partial charge in [-0.1, -0.05) is 41.4 Å². The Morgan fingerprint density at radius 3 is 2.55 bits per heavy atom. The Bertz CT molecular complexity index is 1100. The summed E-state index contributed by atoms with van der Waals surface area (Å²) >= 11 is 12.5. The number of ether oxygens (including phenoxy) is 1. The van der Waals surface area contributed by atoms with Crippen molar-refractivity contribution < 1.29 is 4.74 Å². The van der Waals surface area contributed by atoms with Gasteiger partial charge in [-0.2, -0.15) is 5.26 Å². The van der Waals surface area contributed by atoms with Crippen LogP contribution in [0.15, 0.2) is 42.7 Å². The number of benzene rings is 2. The molecule has 9 heteroatoms. The minimum absolute atomic E-state index is 0.384. The van der Waals surface area contributed by atoms with Crippen LogP contribution in [0.1, 0.15) is 22.6 Å². The van der Waals surface area contributed by atoms with Crippen LogP contribution < -0.4 is 16.4 Å². The highest BCUT2D eigenvalue weighted by molar-refractivity contribution is 6.32. The number of aryl methyl sites for hydroxylation is 1. The number of nitriles is 1. The Balaban J connectivity index is 1.88. The van der Waals surface area contributed by atoms with Crippen LogP contribution in [0.2, 0.25) is 10.0 Å². The molecule has 160 valence electrons. The third-order valence-corrected chi connectivity index (χ3v) is 5.30. The number of hydrogen-bond donors (Lipinski definition) is 3. The van der Waals surface area contributed by atoms with Crippen LogP contribution in [0.5, 0.6) is 0 Å². The monoisotopic (exact) mass is 456 g/mol. The van der Waals surface area contributed by atoms with Crippen molar-refractivity contribution in [3.05, 3.63) is 69.5 Å². The summed E-state index contributed by atoms with van der Waals surface area (Å²) in [6.45, 7) is 3.01. The van der Waals surface area contributed by atoms with Crippen molar-refractivity contribution >= 4 is 46.2 Å². The zero-order valence-electron chi connectivity index (χ0n) is 17.1. The van der Waals surface area contributed by atoms with E-state index in [1.165, 1.54) is 6.33 Å². The first kappa shape index (κ1) is 22.6. The van der Waals surface area contributed by atoms with Crippen molar-refractivity contribution in [2.24, 2.45) is 0 Å². The molecule has 0 amide bonds. The van der Waals surface area contributed by atoms with E-state index in [-0.39, 0.29) is 0 Å².